The van der Waals surface area contributed by atoms with Crippen LogP contribution in [0.4, 0.5) is 4.39 Å². The fourth-order valence-electron chi connectivity index (χ4n) is 5.32. The first-order valence-corrected chi connectivity index (χ1v) is 13.1. The van der Waals surface area contributed by atoms with E-state index in [0.29, 0.717) is 46.7 Å². The Balaban J connectivity index is 1.32. The molecule has 0 bridgehead atoms. The first-order valence-electron chi connectivity index (χ1n) is 13.1. The number of pyridine rings is 1. The zero-order valence-electron chi connectivity index (χ0n) is 22.0. The molecule has 6 rings (SSSR count). The average molecular weight is 536 g/mol. The van der Waals surface area contributed by atoms with Gasteiger partial charge in [0.2, 0.25) is 0 Å². The number of rotatable bonds is 5. The van der Waals surface area contributed by atoms with Gasteiger partial charge in [-0.05, 0) is 60.7 Å². The third-order valence-electron chi connectivity index (χ3n) is 7.50. The molecule has 1 atom stereocenters. The monoisotopic (exact) mass is 535 g/mol. The predicted molar refractivity (Wildman–Crippen MR) is 148 cm³/mol. The van der Waals surface area contributed by atoms with Crippen molar-refractivity contribution in [2.24, 2.45) is 0 Å². The number of nitrogens with zero attached hydrogens (tertiary/aromatic N) is 5. The van der Waals surface area contributed by atoms with Crippen LogP contribution in [0.3, 0.4) is 0 Å². The van der Waals surface area contributed by atoms with Gasteiger partial charge < -0.3 is 10.0 Å². The highest BCUT2D eigenvalue weighted by atomic mass is 19.1. The highest BCUT2D eigenvalue weighted by molar-refractivity contribution is 5.93. The topological polar surface area (TPSA) is 101 Å². The molecular formula is C31H26FN5O3. The summed E-state index contributed by atoms with van der Waals surface area (Å²) >= 11 is 0. The Labute approximate surface area is 229 Å². The molecule has 0 radical (unpaired) electrons. The van der Waals surface area contributed by atoms with E-state index in [2.05, 4.69) is 27.2 Å². The van der Waals surface area contributed by atoms with E-state index in [-0.39, 0.29) is 17.6 Å². The van der Waals surface area contributed by atoms with Crippen LogP contribution >= 0.6 is 0 Å². The van der Waals surface area contributed by atoms with E-state index in [9.17, 15) is 9.59 Å². The second kappa shape index (κ2) is 10.00. The van der Waals surface area contributed by atoms with Crippen molar-refractivity contribution in [2.45, 2.75) is 32.7 Å². The van der Waals surface area contributed by atoms with Gasteiger partial charge in [0.25, 0.3) is 5.91 Å². The predicted octanol–water partition coefficient (Wildman–Crippen LogP) is 5.62. The summed E-state index contributed by atoms with van der Waals surface area (Å²) in [7, 11) is 0. The Morgan fingerprint density at radius 3 is 2.55 bits per heavy atom. The van der Waals surface area contributed by atoms with E-state index in [4.69, 9.17) is 5.11 Å². The van der Waals surface area contributed by atoms with Crippen LogP contribution in [-0.4, -0.2) is 48.0 Å². The van der Waals surface area contributed by atoms with Crippen molar-refractivity contribution in [2.75, 3.05) is 6.54 Å². The van der Waals surface area contributed by atoms with Gasteiger partial charge in [0, 0.05) is 35.6 Å². The number of carbonyl (C=O) groups is 2. The number of halogens is 1. The number of carboxylic acids is 1. The van der Waals surface area contributed by atoms with Crippen molar-refractivity contribution in [1.29, 1.82) is 0 Å². The molecule has 2 aromatic carbocycles. The summed E-state index contributed by atoms with van der Waals surface area (Å²) in [6, 6.07) is 19.3. The van der Waals surface area contributed by atoms with Crippen molar-refractivity contribution in [3.05, 3.63) is 107 Å². The normalized spacial score (nSPS) is 14.8. The van der Waals surface area contributed by atoms with E-state index in [1.54, 1.807) is 34.8 Å². The van der Waals surface area contributed by atoms with Gasteiger partial charge in [0.15, 0.2) is 5.65 Å². The van der Waals surface area contributed by atoms with Gasteiger partial charge in [-0.25, -0.2) is 23.7 Å². The molecule has 1 aliphatic heterocycles. The summed E-state index contributed by atoms with van der Waals surface area (Å²) in [5, 5.41) is 13.7. The molecule has 1 N–H and O–H groups in total. The third-order valence-corrected chi connectivity index (χ3v) is 7.50. The van der Waals surface area contributed by atoms with Crippen molar-refractivity contribution in [3.8, 4) is 22.4 Å². The molecule has 0 fully saturated rings. The maximum Gasteiger partial charge on any atom is 0.354 e. The smallest absolute Gasteiger partial charge is 0.354 e. The number of aromatic nitrogens is 4. The first kappa shape index (κ1) is 25.4. The number of benzene rings is 2. The largest absolute Gasteiger partial charge is 0.477 e. The van der Waals surface area contributed by atoms with Crippen LogP contribution in [0.5, 0.6) is 0 Å². The minimum Gasteiger partial charge on any atom is -0.477 e. The minimum absolute atomic E-state index is 0.0656. The molecule has 3 aromatic heterocycles. The van der Waals surface area contributed by atoms with Crippen molar-refractivity contribution < 1.29 is 19.1 Å². The number of amides is 1. The lowest BCUT2D eigenvalue weighted by molar-refractivity contribution is 0.0668. The lowest BCUT2D eigenvalue weighted by Crippen LogP contribution is -2.39. The molecule has 0 spiro atoms. The van der Waals surface area contributed by atoms with Gasteiger partial charge in [0.05, 0.1) is 11.7 Å². The molecular weight excluding hydrogens is 509 g/mol. The fraction of sp³-hybridized carbons (Fsp3) is 0.194. The second-order valence-electron chi connectivity index (χ2n) is 9.84. The Morgan fingerprint density at radius 2 is 1.82 bits per heavy atom. The molecule has 9 heteroatoms. The van der Waals surface area contributed by atoms with Crippen LogP contribution in [0.2, 0.25) is 0 Å². The highest BCUT2D eigenvalue weighted by Crippen LogP contribution is 2.31. The second-order valence-corrected chi connectivity index (χ2v) is 9.84. The lowest BCUT2D eigenvalue weighted by atomic mass is 9.93. The van der Waals surface area contributed by atoms with Crippen molar-refractivity contribution in [3.63, 3.8) is 0 Å². The Morgan fingerprint density at radius 1 is 1.02 bits per heavy atom. The Kier molecular flexibility index (Phi) is 6.34. The maximum absolute atomic E-state index is 15.3. The molecule has 0 aliphatic carbocycles. The van der Waals surface area contributed by atoms with E-state index in [1.807, 2.05) is 30.9 Å². The van der Waals surface area contributed by atoms with Crippen LogP contribution in [0.25, 0.3) is 28.0 Å². The molecule has 200 valence electrons. The van der Waals surface area contributed by atoms with Crippen LogP contribution in [0, 0.1) is 5.82 Å². The molecule has 8 nitrogen and oxygen atoms in total. The van der Waals surface area contributed by atoms with Gasteiger partial charge in [-0.3, -0.25) is 4.79 Å². The Hall–Kier alpha value is -4.92. The van der Waals surface area contributed by atoms with Crippen molar-refractivity contribution in [1.82, 2.24) is 24.5 Å². The van der Waals surface area contributed by atoms with E-state index in [0.717, 1.165) is 17.7 Å². The zero-order chi connectivity index (χ0) is 28.0. The number of carbonyl (C=O) groups excluding carboxylic acids is 1. The summed E-state index contributed by atoms with van der Waals surface area (Å²) < 4.78 is 17.0. The van der Waals surface area contributed by atoms with E-state index in [1.165, 1.54) is 23.9 Å². The van der Waals surface area contributed by atoms with Gasteiger partial charge >= 0.3 is 5.97 Å². The third kappa shape index (κ3) is 4.39. The van der Waals surface area contributed by atoms with E-state index >= 15 is 4.39 Å². The van der Waals surface area contributed by atoms with Crippen molar-refractivity contribution >= 4 is 17.5 Å². The molecule has 0 saturated heterocycles. The summed E-state index contributed by atoms with van der Waals surface area (Å²) in [5.74, 6) is -1.75. The number of aryl methyl sites for hydroxylation is 1. The number of hydrogen-bond donors (Lipinski definition) is 1. The lowest BCUT2D eigenvalue weighted by Gasteiger charge is -2.35. The average Bonchev–Trinajstić information content (AvgIpc) is 3.40. The summed E-state index contributed by atoms with van der Waals surface area (Å²) in [4.78, 5) is 35.1. The number of fused-ring (bicyclic) bond motifs is 2. The highest BCUT2D eigenvalue weighted by Gasteiger charge is 2.29. The van der Waals surface area contributed by atoms with Crippen LogP contribution < -0.4 is 0 Å². The van der Waals surface area contributed by atoms with Gasteiger partial charge in [-0.2, -0.15) is 5.10 Å². The molecule has 1 aliphatic rings. The first-order chi connectivity index (χ1) is 19.3. The van der Waals surface area contributed by atoms with E-state index < -0.39 is 11.8 Å². The zero-order valence-corrected chi connectivity index (χ0v) is 22.0. The summed E-state index contributed by atoms with van der Waals surface area (Å²) in [6.07, 6.45) is 2.81. The summed E-state index contributed by atoms with van der Waals surface area (Å²) in [5.41, 5.74) is 5.79. The number of aromatic carboxylic acids is 1. The SMILES string of the molecule is CCc1cc(C(=O)N2CCc3ccccc3C2C)nc2cc(-c3ccc(-c4ccc(C(=O)O)nc4)cc3F)nn12. The molecule has 1 amide bonds. The number of hydrogen-bond acceptors (Lipinski definition) is 5. The van der Waals surface area contributed by atoms with Gasteiger partial charge in [-0.1, -0.05) is 43.3 Å². The van der Waals surface area contributed by atoms with Gasteiger partial charge in [-0.15, -0.1) is 0 Å². The fourth-order valence-corrected chi connectivity index (χ4v) is 5.32. The number of carboxylic acid groups (broad SMARTS) is 1. The maximum atomic E-state index is 15.3. The summed E-state index contributed by atoms with van der Waals surface area (Å²) in [6.45, 7) is 4.63. The standard InChI is InChI=1S/C31H26FN5O3/c1-3-22-15-28(30(38)36-13-12-19-6-4-5-7-23(19)18(36)2)34-29-16-27(35-37(22)29)24-10-8-20(14-25(24)32)21-9-11-26(31(39)40)33-17-21/h4-11,14-18H,3,12-13H2,1-2H3,(H,39,40). The molecule has 40 heavy (non-hydrogen) atoms. The Bertz CT molecular complexity index is 1780. The molecule has 1 unspecified atom stereocenters. The van der Waals surface area contributed by atoms with Crippen LogP contribution in [-0.2, 0) is 12.8 Å². The minimum atomic E-state index is -1.12. The van der Waals surface area contributed by atoms with Crippen LogP contribution in [0.15, 0.2) is 72.9 Å². The molecule has 4 heterocycles. The molecule has 5 aromatic rings. The van der Waals surface area contributed by atoms with Gasteiger partial charge in [0.1, 0.15) is 17.2 Å². The quantitative estimate of drug-likeness (QED) is 0.314. The molecule has 0 saturated carbocycles. The van der Waals surface area contributed by atoms with Crippen LogP contribution in [0.1, 0.15) is 57.7 Å².